The molecule has 1 atom stereocenters. The van der Waals surface area contributed by atoms with Crippen molar-refractivity contribution in [3.8, 4) is 0 Å². The minimum absolute atomic E-state index is 0.0745. The fourth-order valence-electron chi connectivity index (χ4n) is 4.57. The van der Waals surface area contributed by atoms with Gasteiger partial charge in [0.05, 0.1) is 11.1 Å². The van der Waals surface area contributed by atoms with Gasteiger partial charge in [-0.25, -0.2) is 4.79 Å². The van der Waals surface area contributed by atoms with Gasteiger partial charge in [0.1, 0.15) is 6.04 Å². The molecule has 0 bridgehead atoms. The molecule has 0 aromatic heterocycles. The Morgan fingerprint density at radius 3 is 1.32 bits per heavy atom. The standard InChI is InChI=1S/C14H15NO4.3C6H5.Sn/c1-8(2)7-11(14(18)19)15-12(16)9-5-3-4-6-10(9)13(15)17;3*1-2-4-6-5-3-1;/h3-6,8,11H,7H2,1-2H3,(H,18,19);3*1-5H;. The van der Waals surface area contributed by atoms with Crippen molar-refractivity contribution in [1.82, 2.24) is 4.90 Å². The second kappa shape index (κ2) is 12.7. The summed E-state index contributed by atoms with van der Waals surface area (Å²) in [6.07, 6.45) is 0.251. The van der Waals surface area contributed by atoms with E-state index in [1.54, 1.807) is 24.3 Å². The third-order valence-corrected chi connectivity index (χ3v) is 14.1. The Kier molecular flexibility index (Phi) is 9.13. The third kappa shape index (κ3) is 6.22. The zero-order valence-electron chi connectivity index (χ0n) is 21.5. The Morgan fingerprint density at radius 1 is 0.658 bits per heavy atom. The summed E-state index contributed by atoms with van der Waals surface area (Å²) < 4.78 is 4.59. The van der Waals surface area contributed by atoms with Gasteiger partial charge in [-0.2, -0.15) is 0 Å². The quantitative estimate of drug-likeness (QED) is 0.254. The van der Waals surface area contributed by atoms with Crippen LogP contribution in [0.1, 0.15) is 41.0 Å². The second-order valence-electron chi connectivity index (χ2n) is 9.48. The Hall–Kier alpha value is -3.71. The molecule has 0 saturated heterocycles. The van der Waals surface area contributed by atoms with E-state index in [4.69, 9.17) is 0 Å². The molecule has 1 unspecified atom stereocenters. The van der Waals surface area contributed by atoms with Gasteiger partial charge in [0.15, 0.2) is 0 Å². The number of amides is 2. The van der Waals surface area contributed by atoms with Crippen LogP contribution < -0.4 is 10.7 Å². The van der Waals surface area contributed by atoms with Crippen LogP contribution >= 0.6 is 0 Å². The van der Waals surface area contributed by atoms with E-state index < -0.39 is 43.6 Å². The van der Waals surface area contributed by atoms with Crippen molar-refractivity contribution < 1.29 is 19.5 Å². The normalized spacial score (nSPS) is 13.2. The van der Waals surface area contributed by atoms with E-state index in [0.29, 0.717) is 0 Å². The number of carboxylic acid groups (broad SMARTS) is 1. The number of rotatable bonds is 7. The first-order valence-corrected chi connectivity index (χ1v) is 16.9. The van der Waals surface area contributed by atoms with Crippen LogP contribution in [0.2, 0.25) is 0 Å². The Labute approximate surface area is 230 Å². The summed E-state index contributed by atoms with van der Waals surface area (Å²) in [6.45, 7) is 3.71. The molecule has 1 radical (unpaired) electrons. The first-order valence-electron chi connectivity index (χ1n) is 12.6. The molecule has 191 valence electrons. The predicted octanol–water partition coefficient (Wildman–Crippen LogP) is 3.98. The number of imide groups is 1. The van der Waals surface area contributed by atoms with Crippen LogP contribution in [0.5, 0.6) is 0 Å². The molecule has 4 aromatic rings. The third-order valence-electron chi connectivity index (χ3n) is 6.30. The van der Waals surface area contributed by atoms with Gasteiger partial charge < -0.3 is 5.11 Å². The van der Waals surface area contributed by atoms with Crippen molar-refractivity contribution in [2.45, 2.75) is 26.3 Å². The summed E-state index contributed by atoms with van der Waals surface area (Å²) in [5, 5.41) is 9.25. The van der Waals surface area contributed by atoms with Gasteiger partial charge in [-0.05, 0) is 24.5 Å². The first kappa shape index (κ1) is 27.3. The monoisotopic (exact) mass is 612 g/mol. The molecule has 1 aliphatic rings. The number of fused-ring (bicyclic) bond motifs is 1. The fourth-order valence-corrected chi connectivity index (χ4v) is 11.9. The summed E-state index contributed by atoms with van der Waals surface area (Å²) in [5.41, 5.74) is 0.560. The number of carbonyl (C=O) groups is 3. The molecule has 0 saturated carbocycles. The zero-order chi connectivity index (χ0) is 27.1. The molecule has 5 nitrogen and oxygen atoms in total. The van der Waals surface area contributed by atoms with Crippen molar-refractivity contribution >= 4 is 48.3 Å². The van der Waals surface area contributed by atoms with Gasteiger partial charge in [0.25, 0.3) is 11.8 Å². The Bertz CT molecular complexity index is 1260. The number of aliphatic carboxylic acids is 1. The number of carboxylic acids is 1. The maximum atomic E-state index is 12.2. The van der Waals surface area contributed by atoms with Crippen LogP contribution in [0, 0.1) is 5.92 Å². The van der Waals surface area contributed by atoms with E-state index in [1.807, 2.05) is 13.8 Å². The second-order valence-corrected chi connectivity index (χ2v) is 16.6. The van der Waals surface area contributed by atoms with Crippen LogP contribution in [0.15, 0.2) is 115 Å². The SMILES string of the molecule is CC(C)CC(C(=O)O)N1C(=O)c2ccccc2C1=O.c1cc[c]([Sn]([c]2ccccc2)[c]2ccccc2)cc1. The fraction of sp³-hybridized carbons (Fsp3) is 0.156. The topological polar surface area (TPSA) is 74.7 Å². The molecule has 1 heterocycles. The summed E-state index contributed by atoms with van der Waals surface area (Å²) in [7, 11) is 0. The molecule has 0 spiro atoms. The van der Waals surface area contributed by atoms with Crippen LogP contribution in [-0.2, 0) is 4.79 Å². The minimum atomic E-state index is -1.98. The molecule has 5 rings (SSSR count). The molecule has 0 fully saturated rings. The van der Waals surface area contributed by atoms with Crippen LogP contribution in [0.3, 0.4) is 0 Å². The average Bonchev–Trinajstić information content (AvgIpc) is 3.19. The first-order chi connectivity index (χ1) is 18.4. The van der Waals surface area contributed by atoms with Gasteiger partial charge in [0.2, 0.25) is 0 Å². The summed E-state index contributed by atoms with van der Waals surface area (Å²) >= 11 is -1.98. The number of carbonyl (C=O) groups excluding carboxylic acids is 2. The Balaban J connectivity index is 0.000000177. The number of benzene rings is 4. The predicted molar refractivity (Wildman–Crippen MR) is 152 cm³/mol. The summed E-state index contributed by atoms with van der Waals surface area (Å²) in [4.78, 5) is 36.5. The van der Waals surface area contributed by atoms with Crippen molar-refractivity contribution in [3.63, 3.8) is 0 Å². The van der Waals surface area contributed by atoms with Gasteiger partial charge in [-0.1, -0.05) is 26.0 Å². The number of nitrogens with zero attached hydrogens (tertiary/aromatic N) is 1. The van der Waals surface area contributed by atoms with E-state index in [9.17, 15) is 19.5 Å². The molecule has 4 aromatic carbocycles. The van der Waals surface area contributed by atoms with Crippen LogP contribution in [-0.4, -0.2) is 53.6 Å². The maximum absolute atomic E-state index is 12.2. The number of hydrogen-bond donors (Lipinski definition) is 1. The van der Waals surface area contributed by atoms with Gasteiger partial charge in [0, 0.05) is 0 Å². The number of hydrogen-bond acceptors (Lipinski definition) is 3. The molecular formula is C32H30NO4Sn. The molecule has 0 aliphatic carbocycles. The molecule has 6 heteroatoms. The summed E-state index contributed by atoms with van der Waals surface area (Å²) in [5.74, 6) is -2.11. The molecule has 1 aliphatic heterocycles. The zero-order valence-corrected chi connectivity index (χ0v) is 24.3. The van der Waals surface area contributed by atoms with E-state index in [0.717, 1.165) is 4.90 Å². The average molecular weight is 611 g/mol. The van der Waals surface area contributed by atoms with Crippen molar-refractivity contribution in [1.29, 1.82) is 0 Å². The van der Waals surface area contributed by atoms with Crippen molar-refractivity contribution in [2.24, 2.45) is 5.92 Å². The van der Waals surface area contributed by atoms with Crippen molar-refractivity contribution in [2.75, 3.05) is 0 Å². The van der Waals surface area contributed by atoms with Crippen LogP contribution in [0.4, 0.5) is 0 Å². The van der Waals surface area contributed by atoms with E-state index >= 15 is 0 Å². The van der Waals surface area contributed by atoms with Crippen molar-refractivity contribution in [3.05, 3.63) is 126 Å². The molecular weight excluding hydrogens is 581 g/mol. The van der Waals surface area contributed by atoms with Crippen LogP contribution in [0.25, 0.3) is 0 Å². The molecule has 38 heavy (non-hydrogen) atoms. The van der Waals surface area contributed by atoms with Gasteiger partial charge in [-0.15, -0.1) is 0 Å². The molecule has 2 amide bonds. The van der Waals surface area contributed by atoms with Gasteiger partial charge in [-0.3, -0.25) is 14.5 Å². The Morgan fingerprint density at radius 2 is 1.00 bits per heavy atom. The van der Waals surface area contributed by atoms with E-state index in [-0.39, 0.29) is 23.5 Å². The van der Waals surface area contributed by atoms with E-state index in [1.165, 1.54) is 10.7 Å². The van der Waals surface area contributed by atoms with E-state index in [2.05, 4.69) is 91.0 Å². The molecule has 1 N–H and O–H groups in total. The summed E-state index contributed by atoms with van der Waals surface area (Å²) in [6, 6.07) is 38.2. The van der Waals surface area contributed by atoms with Gasteiger partial charge >= 0.3 is 127 Å².